The second-order valence-corrected chi connectivity index (χ2v) is 4.35. The number of nitriles is 1. The SMILES string of the molecule is CC(C#N)CN(C)CC(C)(CO)CO. The molecule has 4 nitrogen and oxygen atoms in total. The van der Waals surface area contributed by atoms with Gasteiger partial charge in [0.25, 0.3) is 0 Å². The largest absolute Gasteiger partial charge is 0.396 e. The number of hydrogen-bond donors (Lipinski definition) is 2. The van der Waals surface area contributed by atoms with Crippen LogP contribution in [0.3, 0.4) is 0 Å². The molecule has 0 aliphatic carbocycles. The van der Waals surface area contributed by atoms with Crippen molar-refractivity contribution >= 4 is 0 Å². The highest BCUT2D eigenvalue weighted by Gasteiger charge is 2.24. The van der Waals surface area contributed by atoms with Gasteiger partial charge in [0.15, 0.2) is 0 Å². The van der Waals surface area contributed by atoms with Crippen molar-refractivity contribution < 1.29 is 10.2 Å². The van der Waals surface area contributed by atoms with E-state index in [1.807, 2.05) is 25.8 Å². The van der Waals surface area contributed by atoms with Crippen LogP contribution >= 0.6 is 0 Å². The van der Waals surface area contributed by atoms with Crippen LogP contribution in [0.1, 0.15) is 13.8 Å². The van der Waals surface area contributed by atoms with Gasteiger partial charge in [0.2, 0.25) is 0 Å². The lowest BCUT2D eigenvalue weighted by Gasteiger charge is -2.30. The minimum atomic E-state index is -0.482. The van der Waals surface area contributed by atoms with Crippen molar-refractivity contribution in [3.63, 3.8) is 0 Å². The van der Waals surface area contributed by atoms with Crippen LogP contribution in [0.2, 0.25) is 0 Å². The smallest absolute Gasteiger partial charge is 0.0666 e. The standard InChI is InChI=1S/C10H20N2O2/c1-9(4-11)5-12(3)6-10(2,7-13)8-14/h9,13-14H,5-8H2,1-3H3. The lowest BCUT2D eigenvalue weighted by molar-refractivity contribution is 0.0404. The quantitative estimate of drug-likeness (QED) is 0.636. The van der Waals surface area contributed by atoms with Crippen LogP contribution in [0.4, 0.5) is 0 Å². The van der Waals surface area contributed by atoms with Gasteiger partial charge in [-0.1, -0.05) is 6.92 Å². The summed E-state index contributed by atoms with van der Waals surface area (Å²) in [7, 11) is 1.89. The van der Waals surface area contributed by atoms with Crippen LogP contribution in [0, 0.1) is 22.7 Å². The molecule has 0 aliphatic rings. The fourth-order valence-electron chi connectivity index (χ4n) is 1.37. The molecule has 0 fully saturated rings. The Bertz CT molecular complexity index is 197. The molecule has 0 aliphatic heterocycles. The Morgan fingerprint density at radius 2 is 1.93 bits per heavy atom. The normalized spacial score (nSPS) is 14.1. The van der Waals surface area contributed by atoms with Crippen molar-refractivity contribution in [2.24, 2.45) is 11.3 Å². The minimum Gasteiger partial charge on any atom is -0.396 e. The van der Waals surface area contributed by atoms with Crippen molar-refractivity contribution in [2.45, 2.75) is 13.8 Å². The van der Waals surface area contributed by atoms with Crippen LogP contribution in [0.15, 0.2) is 0 Å². The zero-order valence-electron chi connectivity index (χ0n) is 9.19. The lowest BCUT2D eigenvalue weighted by atomic mass is 9.92. The summed E-state index contributed by atoms with van der Waals surface area (Å²) in [4.78, 5) is 1.96. The zero-order valence-corrected chi connectivity index (χ0v) is 9.19. The molecular formula is C10H20N2O2. The third kappa shape index (κ3) is 4.56. The molecule has 0 bridgehead atoms. The third-order valence-electron chi connectivity index (χ3n) is 2.22. The molecule has 4 heteroatoms. The highest BCUT2D eigenvalue weighted by Crippen LogP contribution is 2.15. The Morgan fingerprint density at radius 3 is 2.29 bits per heavy atom. The minimum absolute atomic E-state index is 0.0263. The summed E-state index contributed by atoms with van der Waals surface area (Å²) < 4.78 is 0. The molecule has 1 atom stereocenters. The molecule has 0 saturated heterocycles. The fraction of sp³-hybridized carbons (Fsp3) is 0.900. The average Bonchev–Trinajstić information content (AvgIpc) is 2.17. The molecule has 14 heavy (non-hydrogen) atoms. The van der Waals surface area contributed by atoms with E-state index in [1.54, 1.807) is 0 Å². The molecular weight excluding hydrogens is 180 g/mol. The second-order valence-electron chi connectivity index (χ2n) is 4.35. The van der Waals surface area contributed by atoms with Crippen LogP contribution in [-0.4, -0.2) is 48.5 Å². The van der Waals surface area contributed by atoms with E-state index in [-0.39, 0.29) is 19.1 Å². The monoisotopic (exact) mass is 200 g/mol. The number of rotatable bonds is 6. The van der Waals surface area contributed by atoms with Crippen molar-refractivity contribution in [2.75, 3.05) is 33.4 Å². The van der Waals surface area contributed by atoms with Gasteiger partial charge in [-0.3, -0.25) is 0 Å². The van der Waals surface area contributed by atoms with E-state index in [9.17, 15) is 0 Å². The maximum Gasteiger partial charge on any atom is 0.0666 e. The van der Waals surface area contributed by atoms with E-state index in [4.69, 9.17) is 15.5 Å². The molecule has 0 aromatic carbocycles. The summed E-state index contributed by atoms with van der Waals surface area (Å²) >= 11 is 0. The van der Waals surface area contributed by atoms with Crippen LogP contribution in [0.25, 0.3) is 0 Å². The number of hydrogen-bond acceptors (Lipinski definition) is 4. The van der Waals surface area contributed by atoms with Gasteiger partial charge in [-0.25, -0.2) is 0 Å². The van der Waals surface area contributed by atoms with Crippen LogP contribution < -0.4 is 0 Å². The topological polar surface area (TPSA) is 67.5 Å². The molecule has 1 unspecified atom stereocenters. The van der Waals surface area contributed by atoms with Crippen molar-refractivity contribution in [1.29, 1.82) is 5.26 Å². The lowest BCUT2D eigenvalue weighted by Crippen LogP contribution is -2.40. The van der Waals surface area contributed by atoms with Gasteiger partial charge < -0.3 is 15.1 Å². The molecule has 82 valence electrons. The first kappa shape index (κ1) is 13.4. The van der Waals surface area contributed by atoms with Crippen LogP contribution in [0.5, 0.6) is 0 Å². The molecule has 0 rings (SSSR count). The van der Waals surface area contributed by atoms with Crippen LogP contribution in [-0.2, 0) is 0 Å². The van der Waals surface area contributed by atoms with Crippen molar-refractivity contribution in [3.8, 4) is 6.07 Å². The van der Waals surface area contributed by atoms with Gasteiger partial charge in [0, 0.05) is 18.5 Å². The summed E-state index contributed by atoms with van der Waals surface area (Å²) in [5.41, 5.74) is -0.482. The predicted octanol–water partition coefficient (Wildman–Crippen LogP) is 0.0688. The highest BCUT2D eigenvalue weighted by molar-refractivity contribution is 4.83. The number of aliphatic hydroxyl groups excluding tert-OH is 2. The van der Waals surface area contributed by atoms with Gasteiger partial charge in [0.05, 0.1) is 25.2 Å². The molecule has 0 aromatic rings. The Labute approximate surface area is 85.8 Å². The fourth-order valence-corrected chi connectivity index (χ4v) is 1.37. The first-order chi connectivity index (χ1) is 6.47. The summed E-state index contributed by atoms with van der Waals surface area (Å²) in [6.07, 6.45) is 0. The van der Waals surface area contributed by atoms with E-state index in [0.717, 1.165) is 0 Å². The van der Waals surface area contributed by atoms with E-state index < -0.39 is 5.41 Å². The van der Waals surface area contributed by atoms with Crippen molar-refractivity contribution in [1.82, 2.24) is 4.90 Å². The second kappa shape index (κ2) is 5.97. The summed E-state index contributed by atoms with van der Waals surface area (Å²) in [5.74, 6) is -0.0263. The zero-order chi connectivity index (χ0) is 11.2. The maximum absolute atomic E-state index is 9.07. The molecule has 2 N–H and O–H groups in total. The summed E-state index contributed by atoms with van der Waals surface area (Å²) in [6.45, 7) is 4.83. The first-order valence-corrected chi connectivity index (χ1v) is 4.77. The molecule has 0 spiro atoms. The predicted molar refractivity (Wildman–Crippen MR) is 54.6 cm³/mol. The van der Waals surface area contributed by atoms with E-state index in [2.05, 4.69) is 6.07 Å². The van der Waals surface area contributed by atoms with E-state index in [0.29, 0.717) is 13.1 Å². The molecule has 0 saturated carbocycles. The summed E-state index contributed by atoms with van der Waals surface area (Å²) in [5, 5.41) is 26.8. The Morgan fingerprint density at radius 1 is 1.43 bits per heavy atom. The highest BCUT2D eigenvalue weighted by atomic mass is 16.3. The summed E-state index contributed by atoms with van der Waals surface area (Å²) in [6, 6.07) is 2.15. The van der Waals surface area contributed by atoms with Crippen molar-refractivity contribution in [3.05, 3.63) is 0 Å². The van der Waals surface area contributed by atoms with Gasteiger partial charge in [0.1, 0.15) is 0 Å². The molecule has 0 amide bonds. The Kier molecular flexibility index (Phi) is 5.70. The molecule has 0 heterocycles. The van der Waals surface area contributed by atoms with Gasteiger partial charge >= 0.3 is 0 Å². The number of nitrogens with zero attached hydrogens (tertiary/aromatic N) is 2. The first-order valence-electron chi connectivity index (χ1n) is 4.77. The third-order valence-corrected chi connectivity index (χ3v) is 2.22. The molecule has 0 aromatic heterocycles. The Balaban J connectivity index is 4.04. The van der Waals surface area contributed by atoms with Gasteiger partial charge in [-0.05, 0) is 14.0 Å². The molecule has 0 radical (unpaired) electrons. The maximum atomic E-state index is 9.07. The average molecular weight is 200 g/mol. The Hall–Kier alpha value is -0.630. The van der Waals surface area contributed by atoms with Gasteiger partial charge in [-0.15, -0.1) is 0 Å². The van der Waals surface area contributed by atoms with E-state index in [1.165, 1.54) is 0 Å². The number of aliphatic hydroxyl groups is 2. The van der Waals surface area contributed by atoms with Gasteiger partial charge in [-0.2, -0.15) is 5.26 Å². The van der Waals surface area contributed by atoms with E-state index >= 15 is 0 Å².